The van der Waals surface area contributed by atoms with Crippen LogP contribution in [0.2, 0.25) is 5.02 Å². The molecule has 0 saturated heterocycles. The number of benzene rings is 2. The number of amides is 2. The summed E-state index contributed by atoms with van der Waals surface area (Å²) in [6.07, 6.45) is -7.25. The lowest BCUT2D eigenvalue weighted by Gasteiger charge is -2.27. The van der Waals surface area contributed by atoms with Crippen molar-refractivity contribution in [3.05, 3.63) is 58.7 Å². The van der Waals surface area contributed by atoms with Gasteiger partial charge in [-0.15, -0.1) is 0 Å². The molecule has 2 heterocycles. The molecule has 10 nitrogen and oxygen atoms in total. The molecule has 3 aromatic rings. The Morgan fingerprint density at radius 1 is 1.14 bits per heavy atom. The molecule has 43 heavy (non-hydrogen) atoms. The number of carbonyl (C=O) groups is 2. The fourth-order valence-corrected chi connectivity index (χ4v) is 5.67. The third-order valence-corrected chi connectivity index (χ3v) is 7.88. The molecule has 0 radical (unpaired) electrons. The van der Waals surface area contributed by atoms with Crippen LogP contribution in [-0.4, -0.2) is 54.1 Å². The van der Waals surface area contributed by atoms with Crippen molar-refractivity contribution in [3.8, 4) is 11.4 Å². The van der Waals surface area contributed by atoms with E-state index >= 15 is 4.39 Å². The van der Waals surface area contributed by atoms with Gasteiger partial charge in [-0.2, -0.15) is 26.9 Å². The number of hydrogen-bond donors (Lipinski definition) is 1. The number of aromatic nitrogens is 2. The van der Waals surface area contributed by atoms with Crippen LogP contribution in [-0.2, 0) is 31.8 Å². The molecule has 2 amide bonds. The molecular weight excluding hydrogens is 634 g/mol. The highest BCUT2D eigenvalue weighted by molar-refractivity contribution is 7.91. The zero-order valence-corrected chi connectivity index (χ0v) is 23.9. The van der Waals surface area contributed by atoms with Crippen molar-refractivity contribution < 1.29 is 53.6 Å². The van der Waals surface area contributed by atoms with Crippen molar-refractivity contribution in [1.29, 1.82) is 0 Å². The molecule has 0 spiro atoms. The molecule has 232 valence electrons. The minimum Gasteiger partial charge on any atom is -0.444 e. The van der Waals surface area contributed by atoms with Crippen molar-refractivity contribution in [3.63, 3.8) is 0 Å². The van der Waals surface area contributed by atoms with Gasteiger partial charge in [0.15, 0.2) is 9.84 Å². The molecule has 2 aromatic carbocycles. The van der Waals surface area contributed by atoms with Crippen molar-refractivity contribution in [2.45, 2.75) is 56.0 Å². The predicted molar refractivity (Wildman–Crippen MR) is 137 cm³/mol. The SMILES string of the molecule is CC(C)(C)OC(=O)N[C@H]1CS(=O)(=O)c2cc(F)c(-c3noc(C(F)(F)C(F)(F)F)n3)cc2N(Cc2ccc(Cl)cc2)C1=O. The average molecular weight is 655 g/mol. The van der Waals surface area contributed by atoms with Gasteiger partial charge in [-0.05, 0) is 50.6 Å². The molecular formula is C25H21ClF6N4O6S. The Balaban J connectivity index is 1.86. The van der Waals surface area contributed by atoms with Crippen molar-refractivity contribution >= 4 is 39.1 Å². The second-order valence-electron chi connectivity index (χ2n) is 10.3. The number of halogens is 7. The number of nitrogens with zero attached hydrogens (tertiary/aromatic N) is 3. The van der Waals surface area contributed by atoms with Gasteiger partial charge < -0.3 is 19.5 Å². The molecule has 0 bridgehead atoms. The summed E-state index contributed by atoms with van der Waals surface area (Å²) in [6.45, 7) is 4.21. The van der Waals surface area contributed by atoms with Crippen LogP contribution in [0, 0.1) is 5.82 Å². The van der Waals surface area contributed by atoms with Crippen LogP contribution < -0.4 is 10.2 Å². The van der Waals surface area contributed by atoms with Gasteiger partial charge >= 0.3 is 24.1 Å². The number of rotatable bonds is 5. The topological polar surface area (TPSA) is 132 Å². The van der Waals surface area contributed by atoms with Crippen LogP contribution in [0.1, 0.15) is 32.2 Å². The molecule has 18 heteroatoms. The first-order chi connectivity index (χ1) is 19.7. The Labute approximate surface area is 244 Å². The second kappa shape index (κ2) is 11.0. The normalized spacial score (nSPS) is 17.3. The van der Waals surface area contributed by atoms with Gasteiger partial charge in [0.2, 0.25) is 5.82 Å². The van der Waals surface area contributed by atoms with Crippen molar-refractivity contribution in [2.75, 3.05) is 10.7 Å². The smallest absolute Gasteiger partial charge is 0.444 e. The number of alkyl halides is 5. The maximum atomic E-state index is 15.3. The quantitative estimate of drug-likeness (QED) is 0.362. The first kappa shape index (κ1) is 32.1. The molecule has 0 fully saturated rings. The third-order valence-electron chi connectivity index (χ3n) is 5.86. The summed E-state index contributed by atoms with van der Waals surface area (Å²) >= 11 is 5.92. The molecule has 0 saturated carbocycles. The number of fused-ring (bicyclic) bond motifs is 1. The molecule has 1 N–H and O–H groups in total. The van der Waals surface area contributed by atoms with Crippen LogP contribution in [0.4, 0.5) is 36.8 Å². The highest BCUT2D eigenvalue weighted by Crippen LogP contribution is 2.44. The van der Waals surface area contributed by atoms with Crippen LogP contribution in [0.25, 0.3) is 11.4 Å². The van der Waals surface area contributed by atoms with Crippen LogP contribution >= 0.6 is 11.6 Å². The highest BCUT2D eigenvalue weighted by Gasteiger charge is 2.63. The predicted octanol–water partition coefficient (Wildman–Crippen LogP) is 5.40. The number of carbonyl (C=O) groups excluding carboxylic acids is 2. The number of ether oxygens (including phenoxy) is 1. The summed E-state index contributed by atoms with van der Waals surface area (Å²) in [5.74, 6) is -12.3. The fourth-order valence-electron chi connectivity index (χ4n) is 3.93. The Hall–Kier alpha value is -3.86. The monoisotopic (exact) mass is 654 g/mol. The average Bonchev–Trinajstić information content (AvgIpc) is 3.34. The summed E-state index contributed by atoms with van der Waals surface area (Å²) in [6, 6.07) is 5.30. The number of alkyl carbamates (subject to hydrolysis) is 1. The van der Waals surface area contributed by atoms with Crippen LogP contribution in [0.15, 0.2) is 45.8 Å². The standard InChI is InChI=1S/C25H21ClF6N4O6S/c1-23(2,3)41-22(38)33-16-11-43(39,40)18-9-15(27)14(19-34-21(42-35-19)24(28,29)25(30,31)32)8-17(18)36(20(16)37)10-12-4-6-13(26)7-5-12/h4-9,16H,10-11H2,1-3H3,(H,33,38)/t16-/m0/s1. The lowest BCUT2D eigenvalue weighted by Crippen LogP contribution is -2.51. The van der Waals surface area contributed by atoms with Gasteiger partial charge in [0.25, 0.3) is 5.91 Å². The molecule has 1 aliphatic rings. The number of sulfone groups is 1. The summed E-state index contributed by atoms with van der Waals surface area (Å²) < 4.78 is 117. The van der Waals surface area contributed by atoms with E-state index in [1.54, 1.807) is 0 Å². The van der Waals surface area contributed by atoms with Gasteiger partial charge in [0, 0.05) is 5.02 Å². The van der Waals surface area contributed by atoms with Crippen LogP contribution in [0.5, 0.6) is 0 Å². The number of anilines is 1. The Morgan fingerprint density at radius 3 is 2.35 bits per heavy atom. The minimum atomic E-state index is -6.12. The van der Waals surface area contributed by atoms with E-state index < -0.39 is 85.0 Å². The zero-order chi connectivity index (χ0) is 32.1. The van der Waals surface area contributed by atoms with E-state index in [0.717, 1.165) is 4.90 Å². The van der Waals surface area contributed by atoms with Gasteiger partial charge in [0.1, 0.15) is 17.5 Å². The fraction of sp³-hybridized carbons (Fsp3) is 0.360. The number of nitrogens with one attached hydrogen (secondary N) is 1. The Morgan fingerprint density at radius 2 is 1.77 bits per heavy atom. The molecule has 0 aliphatic carbocycles. The van der Waals surface area contributed by atoms with E-state index in [2.05, 4.69) is 20.0 Å². The van der Waals surface area contributed by atoms with E-state index in [-0.39, 0.29) is 6.54 Å². The molecule has 4 rings (SSSR count). The van der Waals surface area contributed by atoms with E-state index in [1.165, 1.54) is 45.0 Å². The first-order valence-corrected chi connectivity index (χ1v) is 14.1. The van der Waals surface area contributed by atoms with Gasteiger partial charge in [0.05, 0.1) is 28.4 Å². The van der Waals surface area contributed by atoms with Gasteiger partial charge in [-0.1, -0.05) is 28.9 Å². The van der Waals surface area contributed by atoms with Crippen molar-refractivity contribution in [2.24, 2.45) is 0 Å². The third kappa shape index (κ3) is 6.71. The minimum absolute atomic E-state index is 0.325. The summed E-state index contributed by atoms with van der Waals surface area (Å²) in [5.41, 5.74) is -1.99. The molecule has 1 aromatic heterocycles. The van der Waals surface area contributed by atoms with E-state index in [0.29, 0.717) is 22.7 Å². The second-order valence-corrected chi connectivity index (χ2v) is 12.8. The summed E-state index contributed by atoms with van der Waals surface area (Å²) in [5, 5.41) is 5.54. The van der Waals surface area contributed by atoms with E-state index in [4.69, 9.17) is 16.3 Å². The molecule has 1 atom stereocenters. The van der Waals surface area contributed by atoms with Gasteiger partial charge in [-0.25, -0.2) is 17.6 Å². The maximum absolute atomic E-state index is 15.3. The lowest BCUT2D eigenvalue weighted by molar-refractivity contribution is -0.298. The number of hydrogen-bond acceptors (Lipinski definition) is 8. The zero-order valence-electron chi connectivity index (χ0n) is 22.3. The first-order valence-electron chi connectivity index (χ1n) is 12.1. The molecule has 0 unspecified atom stereocenters. The maximum Gasteiger partial charge on any atom is 0.463 e. The highest BCUT2D eigenvalue weighted by atomic mass is 35.5. The lowest BCUT2D eigenvalue weighted by atomic mass is 10.1. The largest absolute Gasteiger partial charge is 0.463 e. The summed E-state index contributed by atoms with van der Waals surface area (Å²) in [7, 11) is -4.57. The Bertz CT molecular complexity index is 1670. The van der Waals surface area contributed by atoms with Gasteiger partial charge in [-0.3, -0.25) is 4.79 Å². The summed E-state index contributed by atoms with van der Waals surface area (Å²) in [4.78, 5) is 29.3. The van der Waals surface area contributed by atoms with Crippen molar-refractivity contribution in [1.82, 2.24) is 15.5 Å². The van der Waals surface area contributed by atoms with E-state index in [1.807, 2.05) is 0 Å². The Kier molecular flexibility index (Phi) is 8.21. The molecule has 1 aliphatic heterocycles. The van der Waals surface area contributed by atoms with Crippen LogP contribution in [0.3, 0.4) is 0 Å². The van der Waals surface area contributed by atoms with E-state index in [9.17, 15) is 40.0 Å².